The van der Waals surface area contributed by atoms with Crippen LogP contribution in [0, 0.1) is 5.82 Å². The van der Waals surface area contributed by atoms with Crippen LogP contribution in [0.1, 0.15) is 5.56 Å². The van der Waals surface area contributed by atoms with Gasteiger partial charge in [0.05, 0.1) is 0 Å². The number of thioether (sulfide) groups is 1. The van der Waals surface area contributed by atoms with Crippen LogP contribution in [0.25, 0.3) is 0 Å². The number of benzene rings is 2. The zero-order valence-electron chi connectivity index (χ0n) is 9.91. The van der Waals surface area contributed by atoms with E-state index in [1.54, 1.807) is 17.8 Å². The second kappa shape index (κ2) is 6.12. The van der Waals surface area contributed by atoms with Gasteiger partial charge in [-0.3, -0.25) is 0 Å². The molecule has 0 saturated heterocycles. The Bertz CT molecular complexity index is 528. The number of halogens is 2. The van der Waals surface area contributed by atoms with Crippen LogP contribution in [-0.4, -0.2) is 6.26 Å². The maximum absolute atomic E-state index is 13.1. The highest BCUT2D eigenvalue weighted by Crippen LogP contribution is 2.20. The van der Waals surface area contributed by atoms with Crippen molar-refractivity contribution in [2.24, 2.45) is 0 Å². The van der Waals surface area contributed by atoms with Crippen molar-refractivity contribution in [1.29, 1.82) is 0 Å². The van der Waals surface area contributed by atoms with Gasteiger partial charge in [-0.2, -0.15) is 0 Å². The standard InChI is InChI=1S/C14H13ClFNS/c1-18-13-5-3-12(4-6-13)17-9-10-8-11(16)2-7-14(10)15/h2-8,17H,9H2,1H3. The summed E-state index contributed by atoms with van der Waals surface area (Å²) in [6, 6.07) is 12.5. The highest BCUT2D eigenvalue weighted by atomic mass is 35.5. The normalized spacial score (nSPS) is 10.4. The number of rotatable bonds is 4. The van der Waals surface area contributed by atoms with Gasteiger partial charge in [0, 0.05) is 22.2 Å². The van der Waals surface area contributed by atoms with Crippen LogP contribution < -0.4 is 5.32 Å². The monoisotopic (exact) mass is 281 g/mol. The number of hydrogen-bond donors (Lipinski definition) is 1. The van der Waals surface area contributed by atoms with Crippen LogP contribution in [-0.2, 0) is 6.54 Å². The smallest absolute Gasteiger partial charge is 0.123 e. The fourth-order valence-corrected chi connectivity index (χ4v) is 2.18. The molecule has 0 aliphatic carbocycles. The molecular formula is C14H13ClFNS. The first-order valence-electron chi connectivity index (χ1n) is 5.51. The van der Waals surface area contributed by atoms with Crippen molar-refractivity contribution in [1.82, 2.24) is 0 Å². The molecule has 0 heterocycles. The lowest BCUT2D eigenvalue weighted by atomic mass is 10.2. The van der Waals surface area contributed by atoms with E-state index in [4.69, 9.17) is 11.6 Å². The van der Waals surface area contributed by atoms with Gasteiger partial charge < -0.3 is 5.32 Å². The Balaban J connectivity index is 2.04. The Kier molecular flexibility index (Phi) is 4.50. The predicted octanol–water partition coefficient (Wildman–Crippen LogP) is 4.81. The van der Waals surface area contributed by atoms with Gasteiger partial charge in [-0.25, -0.2) is 4.39 Å². The maximum Gasteiger partial charge on any atom is 0.123 e. The fourth-order valence-electron chi connectivity index (χ4n) is 1.58. The summed E-state index contributed by atoms with van der Waals surface area (Å²) >= 11 is 7.70. The molecule has 0 aliphatic rings. The van der Waals surface area contributed by atoms with E-state index in [9.17, 15) is 4.39 Å². The quantitative estimate of drug-likeness (QED) is 0.807. The highest BCUT2D eigenvalue weighted by molar-refractivity contribution is 7.98. The summed E-state index contributed by atoms with van der Waals surface area (Å²) in [4.78, 5) is 1.21. The molecule has 2 aromatic carbocycles. The summed E-state index contributed by atoms with van der Waals surface area (Å²) in [5.74, 6) is -0.270. The third-order valence-corrected chi connectivity index (χ3v) is 3.69. The van der Waals surface area contributed by atoms with Gasteiger partial charge in [-0.15, -0.1) is 11.8 Å². The first-order chi connectivity index (χ1) is 8.69. The Morgan fingerprint density at radius 3 is 2.56 bits per heavy atom. The minimum atomic E-state index is -0.270. The van der Waals surface area contributed by atoms with Crippen LogP contribution >= 0.6 is 23.4 Å². The molecular weight excluding hydrogens is 269 g/mol. The van der Waals surface area contributed by atoms with Crippen molar-refractivity contribution in [3.05, 3.63) is 58.9 Å². The van der Waals surface area contributed by atoms with E-state index in [0.29, 0.717) is 11.6 Å². The largest absolute Gasteiger partial charge is 0.381 e. The molecule has 2 rings (SSSR count). The van der Waals surface area contributed by atoms with Gasteiger partial charge in [0.1, 0.15) is 5.82 Å². The van der Waals surface area contributed by atoms with Crippen LogP contribution in [0.5, 0.6) is 0 Å². The minimum absolute atomic E-state index is 0.270. The molecule has 4 heteroatoms. The molecule has 18 heavy (non-hydrogen) atoms. The average molecular weight is 282 g/mol. The Morgan fingerprint density at radius 1 is 1.17 bits per heavy atom. The molecule has 0 aliphatic heterocycles. The molecule has 0 saturated carbocycles. The van der Waals surface area contributed by atoms with Crippen LogP contribution in [0.2, 0.25) is 5.02 Å². The summed E-state index contributed by atoms with van der Waals surface area (Å²) < 4.78 is 13.1. The van der Waals surface area contributed by atoms with E-state index in [0.717, 1.165) is 11.3 Å². The van der Waals surface area contributed by atoms with Crippen molar-refractivity contribution in [2.45, 2.75) is 11.4 Å². The van der Waals surface area contributed by atoms with Gasteiger partial charge in [-0.1, -0.05) is 11.6 Å². The third-order valence-electron chi connectivity index (χ3n) is 2.58. The lowest BCUT2D eigenvalue weighted by Gasteiger charge is -2.08. The van der Waals surface area contributed by atoms with Crippen molar-refractivity contribution < 1.29 is 4.39 Å². The molecule has 2 aromatic rings. The van der Waals surface area contributed by atoms with E-state index in [1.165, 1.54) is 17.0 Å². The summed E-state index contributed by atoms with van der Waals surface area (Å²) in [7, 11) is 0. The van der Waals surface area contributed by atoms with E-state index in [1.807, 2.05) is 30.5 Å². The molecule has 0 fully saturated rings. The molecule has 0 aromatic heterocycles. The maximum atomic E-state index is 13.1. The number of anilines is 1. The number of nitrogens with one attached hydrogen (secondary N) is 1. The third kappa shape index (κ3) is 3.40. The molecule has 0 unspecified atom stereocenters. The van der Waals surface area contributed by atoms with Gasteiger partial charge in [-0.05, 0) is 54.3 Å². The van der Waals surface area contributed by atoms with Gasteiger partial charge in [0.25, 0.3) is 0 Å². The SMILES string of the molecule is CSc1ccc(NCc2cc(F)ccc2Cl)cc1. The Morgan fingerprint density at radius 2 is 1.89 bits per heavy atom. The lowest BCUT2D eigenvalue weighted by Crippen LogP contribution is -2.00. The highest BCUT2D eigenvalue weighted by Gasteiger charge is 2.02. The first-order valence-corrected chi connectivity index (χ1v) is 7.11. The van der Waals surface area contributed by atoms with Crippen LogP contribution in [0.15, 0.2) is 47.4 Å². The second-order valence-electron chi connectivity index (χ2n) is 3.82. The molecule has 0 atom stereocenters. The predicted molar refractivity (Wildman–Crippen MR) is 77.0 cm³/mol. The van der Waals surface area contributed by atoms with Crippen molar-refractivity contribution in [2.75, 3.05) is 11.6 Å². The molecule has 1 N–H and O–H groups in total. The first kappa shape index (κ1) is 13.2. The molecule has 1 nitrogen and oxygen atoms in total. The molecule has 0 radical (unpaired) electrons. The molecule has 94 valence electrons. The van der Waals surface area contributed by atoms with E-state index < -0.39 is 0 Å². The van der Waals surface area contributed by atoms with Crippen LogP contribution in [0.4, 0.5) is 10.1 Å². The van der Waals surface area contributed by atoms with Gasteiger partial charge in [0.2, 0.25) is 0 Å². The Hall–Kier alpha value is -1.19. The van der Waals surface area contributed by atoms with E-state index in [2.05, 4.69) is 5.32 Å². The zero-order valence-corrected chi connectivity index (χ0v) is 11.5. The molecule has 0 amide bonds. The van der Waals surface area contributed by atoms with Gasteiger partial charge >= 0.3 is 0 Å². The summed E-state index contributed by atoms with van der Waals surface area (Å²) in [6.45, 7) is 0.509. The van der Waals surface area contributed by atoms with Crippen molar-refractivity contribution >= 4 is 29.1 Å². The minimum Gasteiger partial charge on any atom is -0.381 e. The topological polar surface area (TPSA) is 12.0 Å². The van der Waals surface area contributed by atoms with Crippen LogP contribution in [0.3, 0.4) is 0 Å². The zero-order chi connectivity index (χ0) is 13.0. The number of hydrogen-bond acceptors (Lipinski definition) is 2. The molecule has 0 bridgehead atoms. The summed E-state index contributed by atoms with van der Waals surface area (Å²) in [5.41, 5.74) is 1.75. The van der Waals surface area contributed by atoms with Crippen molar-refractivity contribution in [3.63, 3.8) is 0 Å². The Labute approximate surface area is 115 Å². The average Bonchev–Trinajstić information content (AvgIpc) is 2.40. The van der Waals surface area contributed by atoms with Gasteiger partial charge in [0.15, 0.2) is 0 Å². The fraction of sp³-hybridized carbons (Fsp3) is 0.143. The lowest BCUT2D eigenvalue weighted by molar-refractivity contribution is 0.626. The van der Waals surface area contributed by atoms with Crippen molar-refractivity contribution in [3.8, 4) is 0 Å². The van der Waals surface area contributed by atoms with E-state index in [-0.39, 0.29) is 5.82 Å². The second-order valence-corrected chi connectivity index (χ2v) is 5.10. The molecule has 0 spiro atoms. The summed E-state index contributed by atoms with van der Waals surface area (Å²) in [5, 5.41) is 3.79. The summed E-state index contributed by atoms with van der Waals surface area (Å²) in [6.07, 6.45) is 2.04. The van der Waals surface area contributed by atoms with E-state index >= 15 is 0 Å².